The van der Waals surface area contributed by atoms with Crippen LogP contribution in [0.1, 0.15) is 0 Å². The molecule has 1 N–H and O–H groups in total. The number of aromatic nitrogens is 2. The molecule has 0 saturated heterocycles. The van der Waals surface area contributed by atoms with Gasteiger partial charge in [0.15, 0.2) is 0 Å². The molecule has 2 rings (SSSR count). The van der Waals surface area contributed by atoms with E-state index < -0.39 is 5.76 Å². The van der Waals surface area contributed by atoms with Gasteiger partial charge in [-0.2, -0.15) is 4.68 Å². The average Bonchev–Trinajstić information content (AvgIpc) is 2.53. The molecule has 5 heteroatoms. The number of hydrogen-bond acceptors (Lipinski definition) is 4. The molecule has 66 valence electrons. The summed E-state index contributed by atoms with van der Waals surface area (Å²) in [6.45, 7) is 0. The first-order valence-electron chi connectivity index (χ1n) is 3.59. The van der Waals surface area contributed by atoms with E-state index in [4.69, 9.17) is 5.11 Å². The van der Waals surface area contributed by atoms with E-state index >= 15 is 0 Å². The van der Waals surface area contributed by atoms with Crippen molar-refractivity contribution < 1.29 is 9.52 Å². The second kappa shape index (κ2) is 2.78. The van der Waals surface area contributed by atoms with Crippen LogP contribution in [0.5, 0.6) is 5.75 Å². The van der Waals surface area contributed by atoms with Crippen LogP contribution in [0.25, 0.3) is 5.69 Å². The van der Waals surface area contributed by atoms with Gasteiger partial charge in [-0.05, 0) is 24.3 Å². The molecular weight excluding hydrogens is 172 g/mol. The number of nitrogens with zero attached hydrogens (tertiary/aromatic N) is 2. The Bertz CT molecular complexity index is 455. The minimum atomic E-state index is -0.550. The van der Waals surface area contributed by atoms with E-state index in [1.165, 1.54) is 12.1 Å². The van der Waals surface area contributed by atoms with Crippen molar-refractivity contribution in [1.29, 1.82) is 0 Å². The van der Waals surface area contributed by atoms with Crippen LogP contribution in [-0.2, 0) is 0 Å². The molecule has 1 aromatic carbocycles. The smallest absolute Gasteiger partial charge is 0.441 e. The third-order valence-corrected chi connectivity index (χ3v) is 1.58. The average molecular weight is 178 g/mol. The molecule has 0 aliphatic rings. The molecule has 0 spiro atoms. The SMILES string of the molecule is O=c1ocnn1-c1ccc(O)cc1. The van der Waals surface area contributed by atoms with Gasteiger partial charge in [-0.25, -0.2) is 4.79 Å². The van der Waals surface area contributed by atoms with Gasteiger partial charge in [-0.3, -0.25) is 0 Å². The molecule has 0 aliphatic carbocycles. The Balaban J connectivity index is 2.54. The summed E-state index contributed by atoms with van der Waals surface area (Å²) < 4.78 is 5.58. The normalized spacial score (nSPS) is 10.2. The highest BCUT2D eigenvalue weighted by atomic mass is 16.4. The number of aromatic hydroxyl groups is 1. The summed E-state index contributed by atoms with van der Waals surface area (Å²) in [5.74, 6) is -0.411. The lowest BCUT2D eigenvalue weighted by Gasteiger charge is -1.96. The summed E-state index contributed by atoms with van der Waals surface area (Å²) in [7, 11) is 0. The van der Waals surface area contributed by atoms with E-state index in [2.05, 4.69) is 9.52 Å². The minimum Gasteiger partial charge on any atom is -0.508 e. The Hall–Kier alpha value is -2.04. The zero-order valence-corrected chi connectivity index (χ0v) is 6.54. The molecule has 0 radical (unpaired) electrons. The summed E-state index contributed by atoms with van der Waals surface area (Å²) >= 11 is 0. The molecule has 0 fully saturated rings. The van der Waals surface area contributed by atoms with E-state index in [1.54, 1.807) is 12.1 Å². The summed E-state index contributed by atoms with van der Waals surface area (Å²) in [5, 5.41) is 12.7. The second-order valence-electron chi connectivity index (χ2n) is 2.43. The van der Waals surface area contributed by atoms with Gasteiger partial charge >= 0.3 is 5.76 Å². The third kappa shape index (κ3) is 1.31. The lowest BCUT2D eigenvalue weighted by atomic mass is 10.3. The maximum atomic E-state index is 11.0. The summed E-state index contributed by atoms with van der Waals surface area (Å²) in [4.78, 5) is 11.0. The predicted molar refractivity (Wildman–Crippen MR) is 43.8 cm³/mol. The molecule has 0 saturated carbocycles. The minimum absolute atomic E-state index is 0.139. The first kappa shape index (κ1) is 7.60. The van der Waals surface area contributed by atoms with Crippen molar-refractivity contribution in [2.75, 3.05) is 0 Å². The number of rotatable bonds is 1. The Morgan fingerprint density at radius 3 is 2.54 bits per heavy atom. The van der Waals surface area contributed by atoms with Crippen LogP contribution in [-0.4, -0.2) is 14.9 Å². The first-order valence-corrected chi connectivity index (χ1v) is 3.59. The van der Waals surface area contributed by atoms with Crippen LogP contribution in [0.2, 0.25) is 0 Å². The van der Waals surface area contributed by atoms with Crippen LogP contribution in [0.4, 0.5) is 0 Å². The fraction of sp³-hybridized carbons (Fsp3) is 0. The number of benzene rings is 1. The van der Waals surface area contributed by atoms with Crippen molar-refractivity contribution in [1.82, 2.24) is 9.78 Å². The van der Waals surface area contributed by atoms with Crippen LogP contribution < -0.4 is 5.76 Å². The molecule has 0 bridgehead atoms. The molecule has 13 heavy (non-hydrogen) atoms. The zero-order valence-electron chi connectivity index (χ0n) is 6.54. The molecular formula is C8H6N2O3. The lowest BCUT2D eigenvalue weighted by molar-refractivity contribution is 0.475. The fourth-order valence-corrected chi connectivity index (χ4v) is 0.979. The van der Waals surface area contributed by atoms with Crippen molar-refractivity contribution >= 4 is 0 Å². The van der Waals surface area contributed by atoms with E-state index in [-0.39, 0.29) is 5.75 Å². The molecule has 0 amide bonds. The van der Waals surface area contributed by atoms with Crippen LogP contribution >= 0.6 is 0 Å². The first-order chi connectivity index (χ1) is 6.27. The quantitative estimate of drug-likeness (QED) is 0.691. The molecule has 1 heterocycles. The predicted octanol–water partition coefficient (Wildman–Crippen LogP) is 0.531. The van der Waals surface area contributed by atoms with Crippen LogP contribution in [0.3, 0.4) is 0 Å². The highest BCUT2D eigenvalue weighted by Crippen LogP contribution is 2.10. The Kier molecular flexibility index (Phi) is 1.63. The standard InChI is InChI=1S/C8H6N2O3/c11-7-3-1-6(2-4-7)10-8(12)13-5-9-10/h1-5,11H. The molecule has 0 atom stereocenters. The van der Waals surface area contributed by atoms with Gasteiger partial charge in [0.25, 0.3) is 0 Å². The van der Waals surface area contributed by atoms with E-state index in [1.807, 2.05) is 0 Å². The van der Waals surface area contributed by atoms with Crippen molar-refractivity contribution in [3.63, 3.8) is 0 Å². The third-order valence-electron chi connectivity index (χ3n) is 1.58. The zero-order chi connectivity index (χ0) is 9.26. The van der Waals surface area contributed by atoms with Gasteiger partial charge in [0, 0.05) is 0 Å². The van der Waals surface area contributed by atoms with Crippen molar-refractivity contribution in [2.45, 2.75) is 0 Å². The van der Waals surface area contributed by atoms with Gasteiger partial charge in [-0.15, -0.1) is 5.10 Å². The van der Waals surface area contributed by atoms with Gasteiger partial charge in [0.2, 0.25) is 6.39 Å². The van der Waals surface area contributed by atoms with Crippen molar-refractivity contribution in [2.24, 2.45) is 0 Å². The van der Waals surface area contributed by atoms with Gasteiger partial charge in [-0.1, -0.05) is 0 Å². The maximum Gasteiger partial charge on any atom is 0.441 e. The Labute approximate surface area is 72.9 Å². The monoisotopic (exact) mass is 178 g/mol. The maximum absolute atomic E-state index is 11.0. The van der Waals surface area contributed by atoms with Crippen molar-refractivity contribution in [3.05, 3.63) is 41.2 Å². The number of phenols is 1. The van der Waals surface area contributed by atoms with Gasteiger partial charge in [0.05, 0.1) is 5.69 Å². The fourth-order valence-electron chi connectivity index (χ4n) is 0.979. The summed E-state index contributed by atoms with van der Waals surface area (Å²) in [6, 6.07) is 6.07. The van der Waals surface area contributed by atoms with E-state index in [9.17, 15) is 4.79 Å². The molecule has 0 unspecified atom stereocenters. The van der Waals surface area contributed by atoms with Crippen LogP contribution in [0.15, 0.2) is 39.9 Å². The molecule has 2 aromatic rings. The molecule has 0 aliphatic heterocycles. The number of phenolic OH excluding ortho intramolecular Hbond substituents is 1. The summed E-state index contributed by atoms with van der Waals surface area (Å²) in [5.41, 5.74) is 0.552. The largest absolute Gasteiger partial charge is 0.508 e. The second-order valence-corrected chi connectivity index (χ2v) is 2.43. The Morgan fingerprint density at radius 2 is 2.00 bits per heavy atom. The highest BCUT2D eigenvalue weighted by Gasteiger charge is 2.01. The van der Waals surface area contributed by atoms with Crippen molar-refractivity contribution in [3.8, 4) is 11.4 Å². The van der Waals surface area contributed by atoms with Gasteiger partial charge < -0.3 is 9.52 Å². The molecule has 5 nitrogen and oxygen atoms in total. The van der Waals surface area contributed by atoms with Gasteiger partial charge in [0.1, 0.15) is 5.75 Å². The highest BCUT2D eigenvalue weighted by molar-refractivity contribution is 5.35. The van der Waals surface area contributed by atoms with E-state index in [0.717, 1.165) is 11.1 Å². The summed E-state index contributed by atoms with van der Waals surface area (Å²) in [6.07, 6.45) is 1.06. The van der Waals surface area contributed by atoms with E-state index in [0.29, 0.717) is 5.69 Å². The van der Waals surface area contributed by atoms with Crippen LogP contribution in [0, 0.1) is 0 Å². The topological polar surface area (TPSA) is 68.3 Å². The number of hydrogen-bond donors (Lipinski definition) is 1. The Morgan fingerprint density at radius 1 is 1.31 bits per heavy atom. The molecule has 1 aromatic heterocycles. The lowest BCUT2D eigenvalue weighted by Crippen LogP contribution is -2.12.